The Kier molecular flexibility index (Phi) is 3.83. The van der Waals surface area contributed by atoms with Gasteiger partial charge in [-0.15, -0.1) is 11.3 Å². The molecule has 0 unspecified atom stereocenters. The Morgan fingerprint density at radius 2 is 2.00 bits per heavy atom. The third kappa shape index (κ3) is 2.83. The van der Waals surface area contributed by atoms with E-state index in [0.29, 0.717) is 17.2 Å². The summed E-state index contributed by atoms with van der Waals surface area (Å²) < 4.78 is 6.63. The Morgan fingerprint density at radius 3 is 2.85 bits per heavy atom. The maximum absolute atomic E-state index is 12.1. The molecule has 4 heterocycles. The molecule has 0 saturated carbocycles. The molecule has 132 valence electrons. The van der Waals surface area contributed by atoms with Gasteiger partial charge in [-0.1, -0.05) is 12.1 Å². The lowest BCUT2D eigenvalue weighted by atomic mass is 9.97. The summed E-state index contributed by atoms with van der Waals surface area (Å²) in [7, 11) is 0. The zero-order valence-corrected chi connectivity index (χ0v) is 15.0. The fourth-order valence-electron chi connectivity index (χ4n) is 3.61. The predicted octanol–water partition coefficient (Wildman–Crippen LogP) is 3.51. The number of nitrogens with one attached hydrogen (secondary N) is 1. The maximum Gasteiger partial charge on any atom is 0.268 e. The number of H-pyrrole nitrogens is 1. The molecule has 1 saturated heterocycles. The largest absolute Gasteiger partial charge is 0.440 e. The first kappa shape index (κ1) is 15.7. The number of oxazole rings is 1. The summed E-state index contributed by atoms with van der Waals surface area (Å²) in [6.07, 6.45) is 2.00. The second kappa shape index (κ2) is 6.34. The fourth-order valence-corrected chi connectivity index (χ4v) is 4.34. The smallest absolute Gasteiger partial charge is 0.268 e. The van der Waals surface area contributed by atoms with Crippen LogP contribution in [-0.2, 0) is 6.54 Å². The van der Waals surface area contributed by atoms with E-state index >= 15 is 0 Å². The molecular formula is C19H18N4O2S. The molecule has 1 fully saturated rings. The van der Waals surface area contributed by atoms with Crippen LogP contribution in [0.4, 0.5) is 0 Å². The first-order valence-electron chi connectivity index (χ1n) is 8.80. The molecule has 1 N–H and O–H groups in total. The molecule has 3 aromatic heterocycles. The first-order valence-corrected chi connectivity index (χ1v) is 9.68. The van der Waals surface area contributed by atoms with Gasteiger partial charge in [-0.2, -0.15) is 0 Å². The van der Waals surface area contributed by atoms with Crippen LogP contribution >= 0.6 is 11.3 Å². The number of rotatable bonds is 3. The van der Waals surface area contributed by atoms with Crippen molar-refractivity contribution in [1.82, 2.24) is 19.9 Å². The van der Waals surface area contributed by atoms with Crippen LogP contribution in [0.5, 0.6) is 0 Å². The van der Waals surface area contributed by atoms with Crippen molar-refractivity contribution >= 4 is 32.7 Å². The van der Waals surface area contributed by atoms with Crippen LogP contribution in [-0.4, -0.2) is 32.9 Å². The van der Waals surface area contributed by atoms with E-state index in [1.807, 2.05) is 35.7 Å². The van der Waals surface area contributed by atoms with E-state index in [-0.39, 0.29) is 5.56 Å². The van der Waals surface area contributed by atoms with Gasteiger partial charge in [0.2, 0.25) is 0 Å². The van der Waals surface area contributed by atoms with E-state index in [2.05, 4.69) is 19.9 Å². The van der Waals surface area contributed by atoms with Crippen LogP contribution in [0.3, 0.4) is 0 Å². The second-order valence-corrected chi connectivity index (χ2v) is 7.63. The summed E-state index contributed by atoms with van der Waals surface area (Å²) in [5.41, 5.74) is 2.53. The van der Waals surface area contributed by atoms with Gasteiger partial charge >= 0.3 is 0 Å². The van der Waals surface area contributed by atoms with Crippen molar-refractivity contribution in [2.75, 3.05) is 13.1 Å². The Bertz CT molecular complexity index is 1090. The third-order valence-electron chi connectivity index (χ3n) is 4.98. The number of aromatic nitrogens is 3. The van der Waals surface area contributed by atoms with Crippen LogP contribution in [0.2, 0.25) is 0 Å². The molecule has 4 aromatic rings. The number of hydrogen-bond donors (Lipinski definition) is 1. The minimum atomic E-state index is -0.0404. The topological polar surface area (TPSA) is 75.0 Å². The average molecular weight is 366 g/mol. The number of hydrogen-bond acceptors (Lipinski definition) is 6. The molecule has 0 radical (unpaired) electrons. The van der Waals surface area contributed by atoms with Gasteiger partial charge in [0.05, 0.1) is 12.1 Å². The predicted molar refractivity (Wildman–Crippen MR) is 102 cm³/mol. The molecule has 1 aromatic carbocycles. The highest BCUT2D eigenvalue weighted by Gasteiger charge is 2.25. The highest BCUT2D eigenvalue weighted by Crippen LogP contribution is 2.30. The van der Waals surface area contributed by atoms with Gasteiger partial charge < -0.3 is 9.40 Å². The van der Waals surface area contributed by atoms with E-state index in [9.17, 15) is 4.79 Å². The Labute approximate surface area is 153 Å². The number of benzene rings is 1. The number of fused-ring (bicyclic) bond motifs is 2. The second-order valence-electron chi connectivity index (χ2n) is 6.72. The molecule has 0 amide bonds. The monoisotopic (exact) mass is 366 g/mol. The zero-order valence-electron chi connectivity index (χ0n) is 14.1. The van der Waals surface area contributed by atoms with Gasteiger partial charge in [0.1, 0.15) is 16.0 Å². The lowest BCUT2D eigenvalue weighted by Gasteiger charge is -2.29. The number of piperidine rings is 1. The SMILES string of the molecule is O=c1[nH]c(CN2CCC(c3nc4ccccc4o3)CC2)nc2ccsc12. The Hall–Kier alpha value is -2.51. The van der Waals surface area contributed by atoms with E-state index in [1.54, 1.807) is 0 Å². The molecule has 5 rings (SSSR count). The minimum absolute atomic E-state index is 0.0404. The minimum Gasteiger partial charge on any atom is -0.440 e. The number of nitrogens with zero attached hydrogens (tertiary/aromatic N) is 3. The highest BCUT2D eigenvalue weighted by atomic mass is 32.1. The number of aromatic amines is 1. The van der Waals surface area contributed by atoms with Crippen molar-refractivity contribution in [3.05, 3.63) is 57.8 Å². The molecule has 0 bridgehead atoms. The summed E-state index contributed by atoms with van der Waals surface area (Å²) in [5.74, 6) is 1.93. The lowest BCUT2D eigenvalue weighted by Crippen LogP contribution is -2.33. The Morgan fingerprint density at radius 1 is 1.15 bits per heavy atom. The third-order valence-corrected chi connectivity index (χ3v) is 5.89. The number of thiophene rings is 1. The van der Waals surface area contributed by atoms with Gasteiger partial charge in [-0.3, -0.25) is 9.69 Å². The summed E-state index contributed by atoms with van der Waals surface area (Å²) >= 11 is 1.43. The summed E-state index contributed by atoms with van der Waals surface area (Å²) in [6.45, 7) is 2.55. The van der Waals surface area contributed by atoms with E-state index < -0.39 is 0 Å². The van der Waals surface area contributed by atoms with Crippen molar-refractivity contribution in [2.45, 2.75) is 25.3 Å². The standard InChI is InChI=1S/C19H18N4O2S/c24-18-17-14(7-10-26-17)20-16(22-18)11-23-8-5-12(6-9-23)19-21-13-3-1-2-4-15(13)25-19/h1-4,7,10,12H,5-6,8-9,11H2,(H,20,22,24). The van der Waals surface area contributed by atoms with Crippen LogP contribution in [0, 0.1) is 0 Å². The van der Waals surface area contributed by atoms with Crippen molar-refractivity contribution in [1.29, 1.82) is 0 Å². The highest BCUT2D eigenvalue weighted by molar-refractivity contribution is 7.17. The van der Waals surface area contributed by atoms with Gasteiger partial charge in [0, 0.05) is 5.92 Å². The van der Waals surface area contributed by atoms with Gasteiger partial charge in [-0.25, -0.2) is 9.97 Å². The molecule has 6 nitrogen and oxygen atoms in total. The molecule has 1 aliphatic rings. The van der Waals surface area contributed by atoms with Crippen LogP contribution < -0.4 is 5.56 Å². The van der Waals surface area contributed by atoms with Gasteiger partial charge in [0.15, 0.2) is 11.5 Å². The van der Waals surface area contributed by atoms with Crippen LogP contribution in [0.1, 0.15) is 30.5 Å². The van der Waals surface area contributed by atoms with Crippen LogP contribution in [0.15, 0.2) is 44.9 Å². The van der Waals surface area contributed by atoms with Crippen molar-refractivity contribution in [2.24, 2.45) is 0 Å². The maximum atomic E-state index is 12.1. The van der Waals surface area contributed by atoms with E-state index in [0.717, 1.165) is 54.3 Å². The molecular weight excluding hydrogens is 348 g/mol. The summed E-state index contributed by atoms with van der Waals surface area (Å²) in [5, 5.41) is 1.91. The van der Waals surface area contributed by atoms with Crippen molar-refractivity contribution in [3.63, 3.8) is 0 Å². The molecule has 0 spiro atoms. The normalized spacial score (nSPS) is 16.6. The van der Waals surface area contributed by atoms with E-state index in [4.69, 9.17) is 4.42 Å². The first-order chi connectivity index (χ1) is 12.8. The molecule has 0 aliphatic carbocycles. The molecule has 7 heteroatoms. The van der Waals surface area contributed by atoms with Crippen molar-refractivity contribution < 1.29 is 4.42 Å². The Balaban J connectivity index is 1.28. The number of likely N-dealkylation sites (tertiary alicyclic amines) is 1. The molecule has 26 heavy (non-hydrogen) atoms. The molecule has 1 aliphatic heterocycles. The number of para-hydroxylation sites is 2. The fraction of sp³-hybridized carbons (Fsp3) is 0.316. The van der Waals surface area contributed by atoms with E-state index in [1.165, 1.54) is 11.3 Å². The molecule has 0 atom stereocenters. The average Bonchev–Trinajstić information content (AvgIpc) is 3.29. The van der Waals surface area contributed by atoms with Gasteiger partial charge in [0.25, 0.3) is 5.56 Å². The quantitative estimate of drug-likeness (QED) is 0.601. The van der Waals surface area contributed by atoms with Crippen molar-refractivity contribution in [3.8, 4) is 0 Å². The van der Waals surface area contributed by atoms with Gasteiger partial charge in [-0.05, 0) is 49.5 Å². The lowest BCUT2D eigenvalue weighted by molar-refractivity contribution is 0.190. The summed E-state index contributed by atoms with van der Waals surface area (Å²) in [4.78, 5) is 26.6. The van der Waals surface area contributed by atoms with Crippen LogP contribution in [0.25, 0.3) is 21.3 Å². The zero-order chi connectivity index (χ0) is 17.5. The summed E-state index contributed by atoms with van der Waals surface area (Å²) in [6, 6.07) is 9.80.